The summed E-state index contributed by atoms with van der Waals surface area (Å²) < 4.78 is 95.8. The standard InChI is InChI=1S/C50H72N2O9SSi2.C27H43IO5Si.C23H30N2O4SSi.C5H10O/c1-34(35(2)61-64(13,14)49(3,4)5)25-26-39(58-47(53)36-21-17-15-18-22-36)46-40(59-50(6,7)60-46)27-28-42(62-37-23-19-16-20-24-37)44-43(48(54)56-29-30-63(10,11)12)41(57-33-55-9)31-38-45(44)51-32-52(38)8;1-19(20(2)33-34(8,9)26(3,4)5)15-16-22(30-25(29)21-13-11-10-12-14-21)24-23(17-18-28)31-27(6,7)32-24;1-25-15-24-22-18(14-30-17-9-7-6-8-10-17)21(20(13-19(22)25)29-16-27-2)23(26)28-11-12-31(3,4)5;1-5-3-2-4-6-5/h15-26,31-32,34-35,39-40,42,46H,27-30,33H2,1-14H3;10-16,19-20,22-24H,17-18H2,1-9H3;6-10,13,15H,11-12,14,16H2,1-5H3;5H,2-4H2,1H3/b26-25-;16-15-;;/t34-,35+,39?,40+,42?,46+;19-,20+,22?,23+,24+;;/m11../s1. The molecular weight excluding hydrogens is 1920 g/mol. The van der Waals surface area contributed by atoms with Crippen molar-refractivity contribution in [2.45, 2.75) is 311 Å². The first-order valence-electron chi connectivity index (χ1n) is 47.4. The molecule has 6 aromatic carbocycles. The van der Waals surface area contributed by atoms with Gasteiger partial charge in [-0.1, -0.05) is 202 Å². The average Bonchev–Trinajstić information content (AvgIpc) is 1.73. The molecule has 0 aliphatic carbocycles. The van der Waals surface area contributed by atoms with Gasteiger partial charge in [-0.05, 0) is 201 Å². The maximum Gasteiger partial charge on any atom is 0.342 e. The second-order valence-electron chi connectivity index (χ2n) is 41.6. The molecule has 11 rings (SSSR count). The molecule has 0 amide bonds. The number of halogens is 1. The van der Waals surface area contributed by atoms with E-state index in [0.29, 0.717) is 82.7 Å². The maximum atomic E-state index is 14.5. The van der Waals surface area contributed by atoms with Gasteiger partial charge >= 0.3 is 23.9 Å². The molecule has 23 nitrogen and oxygen atoms in total. The quantitative estimate of drug-likeness (QED) is 0.00505. The van der Waals surface area contributed by atoms with Crippen molar-refractivity contribution in [2.24, 2.45) is 25.9 Å². The van der Waals surface area contributed by atoms with Crippen molar-refractivity contribution < 1.29 is 89.6 Å². The first kappa shape index (κ1) is 113. The molecule has 3 aliphatic rings. The highest BCUT2D eigenvalue weighted by Crippen LogP contribution is 2.49. The number of carbonyl (C=O) groups excluding carboxylic acids is 4. The van der Waals surface area contributed by atoms with Gasteiger partial charge in [-0.2, -0.15) is 0 Å². The van der Waals surface area contributed by atoms with E-state index in [1.165, 1.54) is 12.8 Å². The Balaban J connectivity index is 0.000000263. The van der Waals surface area contributed by atoms with Crippen molar-refractivity contribution in [3.63, 3.8) is 0 Å². The summed E-state index contributed by atoms with van der Waals surface area (Å²) in [4.78, 5) is 66.1. The van der Waals surface area contributed by atoms with Crippen LogP contribution in [0, 0.1) is 11.8 Å². The zero-order chi connectivity index (χ0) is 99.6. The van der Waals surface area contributed by atoms with E-state index in [1.807, 2.05) is 148 Å². The molecule has 3 saturated heterocycles. The number of hydrogen-bond donors (Lipinski definition) is 0. The number of imidazole rings is 2. The molecule has 135 heavy (non-hydrogen) atoms. The molecule has 3 aliphatic heterocycles. The predicted molar refractivity (Wildman–Crippen MR) is 563 cm³/mol. The lowest BCUT2D eigenvalue weighted by atomic mass is 9.95. The van der Waals surface area contributed by atoms with E-state index < -0.39 is 80.7 Å². The first-order chi connectivity index (χ1) is 63.4. The normalized spacial score (nSPS) is 19.1. The van der Waals surface area contributed by atoms with Gasteiger partial charge in [0.2, 0.25) is 0 Å². The van der Waals surface area contributed by atoms with Crippen LogP contribution >= 0.6 is 46.1 Å². The second-order valence-corrected chi connectivity index (χ2v) is 65.8. The lowest BCUT2D eigenvalue weighted by Crippen LogP contribution is -2.44. The maximum absolute atomic E-state index is 14.5. The van der Waals surface area contributed by atoms with Crippen molar-refractivity contribution in [1.29, 1.82) is 0 Å². The fourth-order valence-corrected chi connectivity index (χ4v) is 22.0. The molecule has 0 spiro atoms. The smallest absolute Gasteiger partial charge is 0.342 e. The molecule has 744 valence electrons. The van der Waals surface area contributed by atoms with E-state index in [2.05, 4.69) is 206 Å². The number of alkyl halides is 1. The fraction of sp³-hybridized carbons (Fsp3) is 0.562. The van der Waals surface area contributed by atoms with Crippen molar-refractivity contribution in [3.05, 3.63) is 204 Å². The van der Waals surface area contributed by atoms with E-state index in [9.17, 15) is 19.2 Å². The zero-order valence-electron chi connectivity index (χ0n) is 85.7. The third kappa shape index (κ3) is 34.8. The summed E-state index contributed by atoms with van der Waals surface area (Å²) in [7, 11) is 0.169. The highest BCUT2D eigenvalue weighted by molar-refractivity contribution is 14.1. The number of thioether (sulfide) groups is 2. The minimum Gasteiger partial charge on any atom is -0.467 e. The van der Waals surface area contributed by atoms with Crippen LogP contribution in [0.2, 0.25) is 87.6 Å². The van der Waals surface area contributed by atoms with Gasteiger partial charge in [-0.3, -0.25) is 0 Å². The second kappa shape index (κ2) is 51.5. The van der Waals surface area contributed by atoms with Crippen molar-refractivity contribution in [1.82, 2.24) is 19.1 Å². The molecule has 30 heteroatoms. The largest absolute Gasteiger partial charge is 0.467 e. The topological polar surface area (TPSA) is 242 Å². The van der Waals surface area contributed by atoms with Gasteiger partial charge in [0.15, 0.2) is 41.8 Å². The number of nitrogens with zero attached hydrogens (tertiary/aromatic N) is 4. The zero-order valence-corrected chi connectivity index (χ0v) is 93.5. The molecule has 0 N–H and O–H groups in total. The van der Waals surface area contributed by atoms with Crippen LogP contribution in [-0.2, 0) is 80.8 Å². The molecule has 0 bridgehead atoms. The Kier molecular flexibility index (Phi) is 43.3. The number of rotatable bonds is 41. The number of methoxy groups -OCH3 is 2. The van der Waals surface area contributed by atoms with Crippen molar-refractivity contribution >= 4 is 125 Å². The highest BCUT2D eigenvalue weighted by Gasteiger charge is 2.49. The molecule has 0 radical (unpaired) electrons. The van der Waals surface area contributed by atoms with E-state index in [-0.39, 0.29) is 77.1 Å². The molecule has 8 aromatic rings. The number of benzene rings is 6. The minimum atomic E-state index is -2.06. The number of esters is 4. The summed E-state index contributed by atoms with van der Waals surface area (Å²) in [5.41, 5.74) is 6.41. The van der Waals surface area contributed by atoms with Crippen LogP contribution in [0.15, 0.2) is 180 Å². The van der Waals surface area contributed by atoms with Crippen LogP contribution in [0.25, 0.3) is 22.1 Å². The lowest BCUT2D eigenvalue weighted by Gasteiger charge is -2.39. The van der Waals surface area contributed by atoms with E-state index in [4.69, 9.17) is 75.4 Å². The molecule has 3 fully saturated rings. The number of carbonyl (C=O) groups is 4. The third-order valence-corrected chi connectivity index (χ3v) is 40.5. The van der Waals surface area contributed by atoms with Gasteiger partial charge in [0.05, 0.1) is 77.4 Å². The van der Waals surface area contributed by atoms with Crippen LogP contribution in [-0.4, -0.2) is 194 Å². The van der Waals surface area contributed by atoms with Crippen LogP contribution < -0.4 is 9.47 Å². The Morgan fingerprint density at radius 3 is 1.36 bits per heavy atom. The molecule has 4 unspecified atom stereocenters. The Bertz CT molecular complexity index is 5090. The Morgan fingerprint density at radius 1 is 0.548 bits per heavy atom. The van der Waals surface area contributed by atoms with Crippen LogP contribution in [0.4, 0.5) is 0 Å². The van der Waals surface area contributed by atoms with Gasteiger partial charge in [0.1, 0.15) is 47.0 Å². The molecule has 12 atom stereocenters. The van der Waals surface area contributed by atoms with Gasteiger partial charge in [-0.25, -0.2) is 29.1 Å². The molecule has 2 aromatic heterocycles. The van der Waals surface area contributed by atoms with Crippen LogP contribution in [0.3, 0.4) is 0 Å². The Hall–Kier alpha value is -6.84. The van der Waals surface area contributed by atoms with Gasteiger partial charge in [0, 0.05) is 112 Å². The van der Waals surface area contributed by atoms with Crippen LogP contribution in [0.5, 0.6) is 11.5 Å². The Labute approximate surface area is 831 Å². The summed E-state index contributed by atoms with van der Waals surface area (Å²) in [6.07, 6.45) is 13.4. The summed E-state index contributed by atoms with van der Waals surface area (Å²) >= 11 is 5.63. The Morgan fingerprint density at radius 2 is 0.956 bits per heavy atom. The molecule has 0 saturated carbocycles. The highest BCUT2D eigenvalue weighted by atomic mass is 127. The average molecular weight is 2080 g/mol. The number of aromatic nitrogens is 4. The summed E-state index contributed by atoms with van der Waals surface area (Å²) in [6, 6.07) is 43.7. The van der Waals surface area contributed by atoms with Gasteiger partial charge in [0.25, 0.3) is 0 Å². The third-order valence-electron chi connectivity index (χ3n) is 24.9. The predicted octanol–water partition coefficient (Wildman–Crippen LogP) is 25.7. The van der Waals surface area contributed by atoms with Crippen molar-refractivity contribution in [3.8, 4) is 11.5 Å². The minimum absolute atomic E-state index is 0.00444. The number of aryl methyl sites for hydroxylation is 2. The van der Waals surface area contributed by atoms with Crippen LogP contribution in [0.1, 0.15) is 194 Å². The van der Waals surface area contributed by atoms with Gasteiger partial charge < -0.3 is 79.6 Å². The SMILES string of the molecule is CC1CCCO1.COCOc1cc2c(ncn2C)c(C(CC[C@@H]2OC(C)(C)O[C@H]2C(/C=C\[C@@H](C)[C@H](C)O[Si](C)(C)C(C)(C)C)OC(=O)c2ccccc2)Sc2ccccc2)c1C(=O)OCC[Si](C)(C)C.COCOc1cc2c(ncn2C)c(CSc2ccccc2)c1C(=O)OCC[Si](C)(C)C.C[C@H](/C=C\C(OC(=O)c1ccccc1)[C@@H]1OC(C)(C)O[C@H]1CCI)[C@H](C)O[Si](C)(C)C(C)(C)C. The van der Waals surface area contributed by atoms with E-state index in [1.54, 1.807) is 74.7 Å². The number of hydrogen-bond acceptors (Lipinski definition) is 23. The van der Waals surface area contributed by atoms with Crippen molar-refractivity contribution in [2.75, 3.05) is 52.1 Å². The summed E-state index contributed by atoms with van der Waals surface area (Å²) in [6.45, 7) is 55.9. The van der Waals surface area contributed by atoms with E-state index >= 15 is 0 Å². The van der Waals surface area contributed by atoms with Gasteiger partial charge in [-0.15, -0.1) is 23.5 Å². The first-order valence-corrected chi connectivity index (χ1v) is 64.0. The number of fused-ring (bicyclic) bond motifs is 2. The lowest BCUT2D eigenvalue weighted by molar-refractivity contribution is -0.153. The number of ether oxygens (including phenoxy) is 13. The molecule has 5 heterocycles. The summed E-state index contributed by atoms with van der Waals surface area (Å²) in [5, 5.41) is -0.142. The molecular formula is C105H155IN4O19S2Si4. The summed E-state index contributed by atoms with van der Waals surface area (Å²) in [5.74, 6) is -1.84. The monoisotopic (exact) mass is 2080 g/mol. The fourth-order valence-electron chi connectivity index (χ4n) is 14.8. The van der Waals surface area contributed by atoms with E-state index in [0.717, 1.165) is 61.4 Å².